The summed E-state index contributed by atoms with van der Waals surface area (Å²) in [5, 5.41) is 7.14. The number of H-pyrrole nitrogens is 1. The quantitative estimate of drug-likeness (QED) is 0.758. The number of nitrogen functional groups attached to an aromatic ring is 1. The van der Waals surface area contributed by atoms with Gasteiger partial charge >= 0.3 is 0 Å². The Hall–Kier alpha value is -2.20. The molecule has 0 fully saturated rings. The molecule has 0 bridgehead atoms. The Labute approximate surface area is 115 Å². The van der Waals surface area contributed by atoms with E-state index in [-0.39, 0.29) is 0 Å². The zero-order chi connectivity index (χ0) is 13.1. The lowest BCUT2D eigenvalue weighted by Gasteiger charge is -2.04. The Morgan fingerprint density at radius 3 is 2.21 bits per heavy atom. The van der Waals surface area contributed by atoms with Gasteiger partial charge in [-0.05, 0) is 12.1 Å². The van der Waals surface area contributed by atoms with Crippen molar-refractivity contribution in [1.82, 2.24) is 10.2 Å². The third-order valence-electron chi connectivity index (χ3n) is 2.77. The number of nitrogens with one attached hydrogen (secondary N) is 1. The normalized spacial score (nSPS) is 10.5. The molecule has 0 unspecified atom stereocenters. The van der Waals surface area contributed by atoms with E-state index in [1.807, 2.05) is 48.5 Å². The first-order chi connectivity index (χ1) is 9.34. The molecule has 0 saturated carbocycles. The minimum atomic E-state index is 0.535. The Morgan fingerprint density at radius 1 is 0.895 bits per heavy atom. The highest BCUT2D eigenvalue weighted by atomic mass is 32.2. The van der Waals surface area contributed by atoms with E-state index < -0.39 is 0 Å². The highest BCUT2D eigenvalue weighted by Gasteiger charge is 2.13. The van der Waals surface area contributed by atoms with Crippen LogP contribution >= 0.6 is 11.8 Å². The lowest BCUT2D eigenvalue weighted by molar-refractivity contribution is 1.10. The van der Waals surface area contributed by atoms with Crippen LogP contribution in [0.15, 0.2) is 70.5 Å². The van der Waals surface area contributed by atoms with Gasteiger partial charge in [-0.3, -0.25) is 5.10 Å². The van der Waals surface area contributed by atoms with Crippen molar-refractivity contribution in [2.45, 2.75) is 9.79 Å². The molecule has 0 aliphatic carbocycles. The van der Waals surface area contributed by atoms with Gasteiger partial charge in [-0.25, -0.2) is 0 Å². The van der Waals surface area contributed by atoms with Crippen molar-refractivity contribution in [1.29, 1.82) is 0 Å². The first-order valence-corrected chi connectivity index (χ1v) is 6.78. The van der Waals surface area contributed by atoms with Gasteiger partial charge in [-0.15, -0.1) is 0 Å². The third kappa shape index (κ3) is 2.48. The number of nitrogens with two attached hydrogens (primary N) is 1. The van der Waals surface area contributed by atoms with Gasteiger partial charge in [-0.1, -0.05) is 60.3 Å². The molecule has 2 aromatic carbocycles. The van der Waals surface area contributed by atoms with Crippen molar-refractivity contribution < 1.29 is 0 Å². The standard InChI is InChI=1S/C15H13N3S/c16-15-14(19-12-9-5-2-6-10-12)13(17-18-15)11-7-3-1-4-8-11/h1-10H,(H3,16,17,18). The number of aromatic nitrogens is 2. The number of nitrogens with zero attached hydrogens (tertiary/aromatic N) is 1. The zero-order valence-electron chi connectivity index (χ0n) is 10.2. The van der Waals surface area contributed by atoms with Crippen molar-refractivity contribution in [2.24, 2.45) is 0 Å². The van der Waals surface area contributed by atoms with Gasteiger partial charge in [0, 0.05) is 10.5 Å². The average molecular weight is 267 g/mol. The van der Waals surface area contributed by atoms with E-state index in [9.17, 15) is 0 Å². The maximum atomic E-state index is 5.96. The van der Waals surface area contributed by atoms with Crippen LogP contribution in [-0.4, -0.2) is 10.2 Å². The van der Waals surface area contributed by atoms with Crippen LogP contribution in [0.4, 0.5) is 5.82 Å². The molecule has 1 heterocycles. The fraction of sp³-hybridized carbons (Fsp3) is 0. The van der Waals surface area contributed by atoms with Gasteiger partial charge in [0.15, 0.2) is 5.82 Å². The number of rotatable bonds is 3. The summed E-state index contributed by atoms with van der Waals surface area (Å²) in [5.41, 5.74) is 8.02. The second-order valence-electron chi connectivity index (χ2n) is 4.09. The fourth-order valence-corrected chi connectivity index (χ4v) is 2.80. The van der Waals surface area contributed by atoms with Crippen molar-refractivity contribution in [3.05, 3.63) is 60.7 Å². The van der Waals surface area contributed by atoms with Gasteiger partial charge in [0.05, 0.1) is 10.6 Å². The van der Waals surface area contributed by atoms with Gasteiger partial charge in [-0.2, -0.15) is 5.10 Å². The Balaban J connectivity index is 2.00. The molecule has 3 nitrogen and oxygen atoms in total. The molecule has 0 atom stereocenters. The highest BCUT2D eigenvalue weighted by molar-refractivity contribution is 7.99. The van der Waals surface area contributed by atoms with Gasteiger partial charge in [0.25, 0.3) is 0 Å². The van der Waals surface area contributed by atoms with Crippen LogP contribution in [0.5, 0.6) is 0 Å². The molecular formula is C15H13N3S. The molecule has 0 aliphatic rings. The smallest absolute Gasteiger partial charge is 0.159 e. The molecule has 0 aliphatic heterocycles. The first-order valence-electron chi connectivity index (χ1n) is 5.97. The number of aromatic amines is 1. The molecule has 3 N–H and O–H groups in total. The van der Waals surface area contributed by atoms with E-state index in [2.05, 4.69) is 22.3 Å². The summed E-state index contributed by atoms with van der Waals surface area (Å²) >= 11 is 1.62. The maximum absolute atomic E-state index is 5.96. The average Bonchev–Trinajstić information content (AvgIpc) is 2.82. The van der Waals surface area contributed by atoms with E-state index in [0.29, 0.717) is 5.82 Å². The van der Waals surface area contributed by atoms with Gasteiger partial charge < -0.3 is 5.73 Å². The topological polar surface area (TPSA) is 54.7 Å². The molecule has 0 amide bonds. The van der Waals surface area contributed by atoms with Crippen LogP contribution in [0.1, 0.15) is 0 Å². The molecule has 94 valence electrons. The van der Waals surface area contributed by atoms with E-state index in [0.717, 1.165) is 21.0 Å². The lowest BCUT2D eigenvalue weighted by Crippen LogP contribution is -1.86. The van der Waals surface area contributed by atoms with Crippen LogP contribution in [-0.2, 0) is 0 Å². The molecule has 3 rings (SSSR count). The van der Waals surface area contributed by atoms with Gasteiger partial charge in [0.1, 0.15) is 0 Å². The number of hydrogen-bond acceptors (Lipinski definition) is 3. The molecule has 4 heteroatoms. The Kier molecular flexibility index (Phi) is 3.25. The minimum Gasteiger partial charge on any atom is -0.381 e. The van der Waals surface area contributed by atoms with Crippen LogP contribution in [0.3, 0.4) is 0 Å². The molecule has 0 saturated heterocycles. The minimum absolute atomic E-state index is 0.535. The summed E-state index contributed by atoms with van der Waals surface area (Å²) in [6.07, 6.45) is 0. The molecular weight excluding hydrogens is 254 g/mol. The summed E-state index contributed by atoms with van der Waals surface area (Å²) in [6, 6.07) is 20.2. The van der Waals surface area contributed by atoms with E-state index in [4.69, 9.17) is 5.73 Å². The number of benzene rings is 2. The second kappa shape index (κ2) is 5.20. The Bertz CT molecular complexity index is 662. The maximum Gasteiger partial charge on any atom is 0.159 e. The molecule has 1 aromatic heterocycles. The zero-order valence-corrected chi connectivity index (χ0v) is 11.0. The molecule has 0 radical (unpaired) electrons. The molecule has 3 aromatic rings. The van der Waals surface area contributed by atoms with Crippen molar-refractivity contribution in [2.75, 3.05) is 5.73 Å². The largest absolute Gasteiger partial charge is 0.381 e. The monoisotopic (exact) mass is 267 g/mol. The molecule has 0 spiro atoms. The Morgan fingerprint density at radius 2 is 1.53 bits per heavy atom. The summed E-state index contributed by atoms with van der Waals surface area (Å²) in [5.74, 6) is 0.535. The fourth-order valence-electron chi connectivity index (χ4n) is 1.86. The van der Waals surface area contributed by atoms with Crippen molar-refractivity contribution in [3.8, 4) is 11.3 Å². The van der Waals surface area contributed by atoms with Crippen molar-refractivity contribution >= 4 is 17.6 Å². The second-order valence-corrected chi connectivity index (χ2v) is 5.18. The SMILES string of the molecule is Nc1n[nH]c(-c2ccccc2)c1Sc1ccccc1. The highest BCUT2D eigenvalue weighted by Crippen LogP contribution is 2.38. The van der Waals surface area contributed by atoms with Crippen molar-refractivity contribution in [3.63, 3.8) is 0 Å². The summed E-state index contributed by atoms with van der Waals surface area (Å²) in [7, 11) is 0. The predicted molar refractivity (Wildman–Crippen MR) is 79.0 cm³/mol. The van der Waals surface area contributed by atoms with Crippen LogP contribution in [0.25, 0.3) is 11.3 Å². The predicted octanol–water partition coefficient (Wildman–Crippen LogP) is 3.81. The number of hydrogen-bond donors (Lipinski definition) is 2. The third-order valence-corrected chi connectivity index (χ3v) is 3.90. The first kappa shape index (κ1) is 11.9. The summed E-state index contributed by atoms with van der Waals surface area (Å²) in [4.78, 5) is 2.12. The van der Waals surface area contributed by atoms with E-state index in [1.54, 1.807) is 11.8 Å². The summed E-state index contributed by atoms with van der Waals surface area (Å²) < 4.78 is 0. The summed E-state index contributed by atoms with van der Waals surface area (Å²) in [6.45, 7) is 0. The lowest BCUT2D eigenvalue weighted by atomic mass is 10.1. The van der Waals surface area contributed by atoms with Crippen LogP contribution < -0.4 is 5.73 Å². The molecule has 19 heavy (non-hydrogen) atoms. The van der Waals surface area contributed by atoms with Crippen LogP contribution in [0, 0.1) is 0 Å². The number of anilines is 1. The van der Waals surface area contributed by atoms with Crippen LogP contribution in [0.2, 0.25) is 0 Å². The van der Waals surface area contributed by atoms with E-state index >= 15 is 0 Å². The van der Waals surface area contributed by atoms with E-state index in [1.165, 1.54) is 0 Å². The van der Waals surface area contributed by atoms with Gasteiger partial charge in [0.2, 0.25) is 0 Å².